The van der Waals surface area contributed by atoms with Crippen molar-refractivity contribution in [2.75, 3.05) is 0 Å². The molecule has 0 amide bonds. The summed E-state index contributed by atoms with van der Waals surface area (Å²) < 4.78 is 0. The monoisotopic (exact) mass is 228 g/mol. The van der Waals surface area contributed by atoms with Gasteiger partial charge in [-0.2, -0.15) is 0 Å². The van der Waals surface area contributed by atoms with Crippen LogP contribution in [0.15, 0.2) is 0 Å². The van der Waals surface area contributed by atoms with E-state index >= 15 is 0 Å². The van der Waals surface area contributed by atoms with Crippen molar-refractivity contribution in [2.24, 2.45) is 0 Å². The van der Waals surface area contributed by atoms with Crippen LogP contribution in [0.25, 0.3) is 0 Å². The fourth-order valence-corrected chi connectivity index (χ4v) is 0. The zero-order valence-electron chi connectivity index (χ0n) is 3.00. The van der Waals surface area contributed by atoms with Crippen molar-refractivity contribution in [1.82, 2.24) is 0 Å². The van der Waals surface area contributed by atoms with Crippen LogP contribution in [0.1, 0.15) is 0 Å². The van der Waals surface area contributed by atoms with Crippen LogP contribution in [0, 0.1) is 0 Å². The molecule has 7 heteroatoms. The molecule has 0 unspecified atom stereocenters. The maximum absolute atomic E-state index is 0. The Kier molecular flexibility index (Phi) is 3630. The van der Waals surface area contributed by atoms with Crippen molar-refractivity contribution in [3.8, 4) is 0 Å². The first-order chi connectivity index (χ1) is 0. The van der Waals surface area contributed by atoms with Crippen LogP contribution in [-0.2, 0) is 55.9 Å². The molecule has 0 fully saturated rings. The molecule has 48 valence electrons. The van der Waals surface area contributed by atoms with Gasteiger partial charge in [0, 0.05) is 21.7 Å². The van der Waals surface area contributed by atoms with Crippen LogP contribution < -0.4 is 0 Å². The van der Waals surface area contributed by atoms with Crippen molar-refractivity contribution in [3.63, 3.8) is 0 Å². The fraction of sp³-hybridized carbons (Fsp3) is 0. The van der Waals surface area contributed by atoms with Crippen LogP contribution in [0.4, 0.5) is 0 Å². The third-order valence-corrected chi connectivity index (χ3v) is 0. The minimum atomic E-state index is 0. The van der Waals surface area contributed by atoms with Gasteiger partial charge in [0.15, 0.2) is 0 Å². The van der Waals surface area contributed by atoms with Crippen molar-refractivity contribution in [1.29, 1.82) is 0 Å². The normalized spacial score (nSPS) is 0. The first-order valence-corrected chi connectivity index (χ1v) is 0. The van der Waals surface area contributed by atoms with Gasteiger partial charge >= 0.3 is 34.1 Å². The molecule has 4 nitrogen and oxygen atoms in total. The maximum atomic E-state index is 0. The average Bonchev–Trinajstić information content (AvgIpc) is 0. The predicted octanol–water partition coefficient (Wildman–Crippen LogP) is -0.715. The van der Waals surface area contributed by atoms with Gasteiger partial charge in [0.1, 0.15) is 0 Å². The smallest absolute Gasteiger partial charge is 0.870 e. The van der Waals surface area contributed by atoms with Gasteiger partial charge < -0.3 is 21.9 Å². The molecule has 0 spiro atoms. The number of hydrogen-bond donors (Lipinski definition) is 0. The Labute approximate surface area is 77.5 Å². The van der Waals surface area contributed by atoms with Gasteiger partial charge in [-0.15, -0.1) is 0 Å². The summed E-state index contributed by atoms with van der Waals surface area (Å²) in [4.78, 5) is 0. The van der Waals surface area contributed by atoms with Crippen LogP contribution in [0.3, 0.4) is 0 Å². The molecule has 0 aliphatic rings. The molecule has 0 aliphatic heterocycles. The summed E-state index contributed by atoms with van der Waals surface area (Å²) in [5, 5.41) is 0. The van der Waals surface area contributed by atoms with E-state index in [4.69, 9.17) is 0 Å². The van der Waals surface area contributed by atoms with Gasteiger partial charge in [-0.1, -0.05) is 0 Å². The Bertz CT molecular complexity index is 9.65. The van der Waals surface area contributed by atoms with E-state index in [9.17, 15) is 0 Å². The molecule has 0 heterocycles. The van der Waals surface area contributed by atoms with Crippen LogP contribution in [0.5, 0.6) is 0 Å². The summed E-state index contributed by atoms with van der Waals surface area (Å²) >= 11 is 0. The van der Waals surface area contributed by atoms with E-state index in [1.54, 1.807) is 0 Å². The van der Waals surface area contributed by atoms with E-state index in [1.165, 1.54) is 0 Å². The molecule has 0 atom stereocenters. The average molecular weight is 228 g/mol. The van der Waals surface area contributed by atoms with Gasteiger partial charge in [0.05, 0.1) is 0 Å². The topological polar surface area (TPSA) is 120 Å². The summed E-state index contributed by atoms with van der Waals surface area (Å²) in [7, 11) is 0. The van der Waals surface area contributed by atoms with Gasteiger partial charge in [-0.25, -0.2) is 0 Å². The minimum absolute atomic E-state index is 0. The second kappa shape index (κ2) is 130. The van der Waals surface area contributed by atoms with Gasteiger partial charge in [0.25, 0.3) is 0 Å². The standard InChI is InChI=1S/2Fe.4H2O.Ti/h;;4*1H2;/q2*+2;;;;;/p-4. The van der Waals surface area contributed by atoms with E-state index in [2.05, 4.69) is 0 Å². The zero-order chi connectivity index (χ0) is 0. The summed E-state index contributed by atoms with van der Waals surface area (Å²) in [6, 6.07) is 0. The van der Waals surface area contributed by atoms with Crippen LogP contribution in [-0.4, -0.2) is 21.9 Å². The van der Waals surface area contributed by atoms with E-state index in [0.717, 1.165) is 0 Å². The molecule has 0 aromatic heterocycles. The third kappa shape index (κ3) is 93.6. The molecule has 0 aromatic carbocycles. The Balaban J connectivity index is 0. The van der Waals surface area contributed by atoms with Crippen LogP contribution in [0.2, 0.25) is 0 Å². The predicted molar refractivity (Wildman–Crippen MR) is 7.74 cm³/mol. The van der Waals surface area contributed by atoms with Gasteiger partial charge in [0.2, 0.25) is 0 Å². The number of hydrogen-bond acceptors (Lipinski definition) is 4. The fourth-order valence-electron chi connectivity index (χ4n) is 0. The number of rotatable bonds is 0. The molecule has 0 radical (unpaired) electrons. The summed E-state index contributed by atoms with van der Waals surface area (Å²) in [6.45, 7) is 0. The van der Waals surface area contributed by atoms with Crippen molar-refractivity contribution >= 4 is 0 Å². The van der Waals surface area contributed by atoms with E-state index < -0.39 is 0 Å². The van der Waals surface area contributed by atoms with Crippen LogP contribution >= 0.6 is 0 Å². The van der Waals surface area contributed by atoms with E-state index in [1.807, 2.05) is 0 Å². The Morgan fingerprint density at radius 1 is 0.429 bits per heavy atom. The summed E-state index contributed by atoms with van der Waals surface area (Å²) in [6.07, 6.45) is 0. The van der Waals surface area contributed by atoms with Crippen molar-refractivity contribution in [2.45, 2.75) is 0 Å². The van der Waals surface area contributed by atoms with E-state index in [0.29, 0.717) is 0 Å². The second-order valence-electron chi connectivity index (χ2n) is 0. The summed E-state index contributed by atoms with van der Waals surface area (Å²) in [5.74, 6) is 0. The molecule has 4 N–H and O–H groups in total. The minimum Gasteiger partial charge on any atom is -0.870 e. The van der Waals surface area contributed by atoms with E-state index in [-0.39, 0.29) is 77.8 Å². The molecule has 0 aliphatic carbocycles. The first kappa shape index (κ1) is 195. The molecule has 0 aromatic rings. The molecular weight excluding hydrogens is 224 g/mol. The molecular formula is H4Fe2O4Ti. The Morgan fingerprint density at radius 2 is 0.429 bits per heavy atom. The molecule has 0 bridgehead atoms. The molecule has 0 rings (SSSR count). The SMILES string of the molecule is [Fe+2].[Fe+2].[OH-].[OH-].[OH-].[OH-].[Ti]. The quantitative estimate of drug-likeness (QED) is 0.507. The third-order valence-electron chi connectivity index (χ3n) is 0. The van der Waals surface area contributed by atoms with Gasteiger partial charge in [-0.3, -0.25) is 0 Å². The zero-order valence-corrected chi connectivity index (χ0v) is 6.77. The molecule has 0 saturated carbocycles. The largest absolute Gasteiger partial charge is 2.00 e. The molecule has 0 saturated heterocycles. The van der Waals surface area contributed by atoms with Crippen molar-refractivity contribution in [3.05, 3.63) is 0 Å². The second-order valence-corrected chi connectivity index (χ2v) is 0. The van der Waals surface area contributed by atoms with Crippen molar-refractivity contribution < 1.29 is 77.8 Å². The molecule has 7 heavy (non-hydrogen) atoms. The summed E-state index contributed by atoms with van der Waals surface area (Å²) in [5.41, 5.74) is 0. The Morgan fingerprint density at radius 3 is 0.429 bits per heavy atom. The maximum Gasteiger partial charge on any atom is 2.00 e. The van der Waals surface area contributed by atoms with Gasteiger partial charge in [-0.05, 0) is 0 Å². The first-order valence-electron chi connectivity index (χ1n) is 0. The Hall–Kier alpha value is 1.59.